The maximum atomic E-state index is 9.74. The molecule has 7 heteroatoms. The summed E-state index contributed by atoms with van der Waals surface area (Å²) in [7, 11) is 0. The summed E-state index contributed by atoms with van der Waals surface area (Å²) in [6, 6.07) is 13.8. The summed E-state index contributed by atoms with van der Waals surface area (Å²) >= 11 is 0. The third-order valence-electron chi connectivity index (χ3n) is 5.22. The molecular formula is C23H15N5O2. The summed E-state index contributed by atoms with van der Waals surface area (Å²) in [6.07, 6.45) is 8.23. The van der Waals surface area contributed by atoms with E-state index in [1.807, 2.05) is 24.3 Å². The molecule has 1 aromatic carbocycles. The van der Waals surface area contributed by atoms with E-state index in [9.17, 15) is 5.11 Å². The van der Waals surface area contributed by atoms with Gasteiger partial charge in [0.05, 0.1) is 41.8 Å². The molecule has 0 bridgehead atoms. The molecule has 144 valence electrons. The van der Waals surface area contributed by atoms with Crippen LogP contribution in [0.2, 0.25) is 0 Å². The van der Waals surface area contributed by atoms with Crippen LogP contribution in [-0.4, -0.2) is 30.3 Å². The molecule has 0 unspecified atom stereocenters. The summed E-state index contributed by atoms with van der Waals surface area (Å²) in [6.45, 7) is 0. The molecule has 0 saturated carbocycles. The number of hydrogen-bond donors (Lipinski definition) is 3. The number of benzene rings is 1. The first-order valence-corrected chi connectivity index (χ1v) is 9.39. The quantitative estimate of drug-likeness (QED) is 0.386. The van der Waals surface area contributed by atoms with E-state index in [0.29, 0.717) is 5.69 Å². The zero-order valence-electron chi connectivity index (χ0n) is 15.6. The number of hydrogen-bond acceptors (Lipinski definition) is 5. The molecule has 0 atom stereocenters. The minimum atomic E-state index is 0.101. The Kier molecular flexibility index (Phi) is 3.48. The van der Waals surface area contributed by atoms with Crippen molar-refractivity contribution >= 4 is 21.8 Å². The lowest BCUT2D eigenvalue weighted by Gasteiger charge is -2.01. The highest BCUT2D eigenvalue weighted by Gasteiger charge is 2.15. The molecule has 30 heavy (non-hydrogen) atoms. The number of rotatable bonds is 3. The van der Waals surface area contributed by atoms with E-state index in [1.54, 1.807) is 31.0 Å². The Balaban J connectivity index is 1.52. The Bertz CT molecular complexity index is 1510. The van der Waals surface area contributed by atoms with Crippen LogP contribution < -0.4 is 0 Å². The van der Waals surface area contributed by atoms with Crippen LogP contribution in [0.5, 0.6) is 5.75 Å². The topological polar surface area (TPSA) is 104 Å². The van der Waals surface area contributed by atoms with Gasteiger partial charge in [-0.15, -0.1) is 0 Å². The van der Waals surface area contributed by atoms with Gasteiger partial charge in [0.25, 0.3) is 0 Å². The van der Waals surface area contributed by atoms with Gasteiger partial charge in [0.1, 0.15) is 11.4 Å². The van der Waals surface area contributed by atoms with Crippen LogP contribution in [0.15, 0.2) is 78.0 Å². The number of aromatic amines is 2. The Labute approximate surface area is 170 Å². The molecule has 0 aliphatic heterocycles. The Morgan fingerprint density at radius 3 is 2.73 bits per heavy atom. The van der Waals surface area contributed by atoms with Crippen LogP contribution in [-0.2, 0) is 0 Å². The van der Waals surface area contributed by atoms with E-state index in [2.05, 4.69) is 37.3 Å². The van der Waals surface area contributed by atoms with E-state index in [0.717, 1.165) is 49.9 Å². The third kappa shape index (κ3) is 2.56. The van der Waals surface area contributed by atoms with Crippen LogP contribution in [0.3, 0.4) is 0 Å². The molecule has 0 radical (unpaired) electrons. The van der Waals surface area contributed by atoms with Gasteiger partial charge in [0.15, 0.2) is 0 Å². The van der Waals surface area contributed by atoms with Crippen molar-refractivity contribution in [1.82, 2.24) is 25.1 Å². The molecule has 0 spiro atoms. The molecule has 5 heterocycles. The van der Waals surface area contributed by atoms with Crippen molar-refractivity contribution in [2.75, 3.05) is 0 Å². The van der Waals surface area contributed by atoms with E-state index < -0.39 is 0 Å². The summed E-state index contributed by atoms with van der Waals surface area (Å²) in [5.41, 5.74) is 7.13. The number of aromatic nitrogens is 5. The van der Waals surface area contributed by atoms with Gasteiger partial charge in [-0.25, -0.2) is 0 Å². The number of nitrogens with zero attached hydrogens (tertiary/aromatic N) is 3. The minimum Gasteiger partial charge on any atom is -0.506 e. The molecular weight excluding hydrogens is 378 g/mol. The number of nitrogens with one attached hydrogen (secondary N) is 2. The summed E-state index contributed by atoms with van der Waals surface area (Å²) in [5, 5.41) is 19.3. The average molecular weight is 393 g/mol. The molecule has 0 fully saturated rings. The van der Waals surface area contributed by atoms with Crippen LogP contribution in [0, 0.1) is 0 Å². The molecule has 3 N–H and O–H groups in total. The van der Waals surface area contributed by atoms with Gasteiger partial charge >= 0.3 is 0 Å². The first kappa shape index (κ1) is 16.6. The molecule has 0 saturated heterocycles. The standard InChI is InChI=1S/C23H15N5O2/c29-15-6-14(9-24-10-15)20-8-18-22(11-25-20)27-28-23(18)21-7-17-16(13-4-5-30-12-13)2-1-3-19(17)26-21/h1-12,26,29H,(H,27,28). The fourth-order valence-corrected chi connectivity index (χ4v) is 3.80. The highest BCUT2D eigenvalue weighted by molar-refractivity contribution is 6.01. The van der Waals surface area contributed by atoms with Crippen molar-refractivity contribution in [3.8, 4) is 39.5 Å². The van der Waals surface area contributed by atoms with Gasteiger partial charge in [0, 0.05) is 33.6 Å². The van der Waals surface area contributed by atoms with Gasteiger partial charge in [0.2, 0.25) is 0 Å². The second-order valence-corrected chi connectivity index (χ2v) is 7.08. The van der Waals surface area contributed by atoms with Crippen LogP contribution in [0.25, 0.3) is 55.6 Å². The second-order valence-electron chi connectivity index (χ2n) is 7.08. The van der Waals surface area contributed by atoms with Gasteiger partial charge in [-0.1, -0.05) is 12.1 Å². The number of fused-ring (bicyclic) bond motifs is 2. The zero-order valence-corrected chi connectivity index (χ0v) is 15.6. The first-order valence-electron chi connectivity index (χ1n) is 9.39. The van der Waals surface area contributed by atoms with Crippen molar-refractivity contribution < 1.29 is 9.52 Å². The Morgan fingerprint density at radius 1 is 0.900 bits per heavy atom. The van der Waals surface area contributed by atoms with Crippen molar-refractivity contribution in [2.45, 2.75) is 0 Å². The SMILES string of the molecule is Oc1cncc(-c2cc3c(-c4cc5c(-c6ccoc6)cccc5[nH]4)n[nH]c3cn2)c1. The molecule has 0 amide bonds. The predicted octanol–water partition coefficient (Wildman–Crippen LogP) is 5.13. The van der Waals surface area contributed by atoms with Gasteiger partial charge in [-0.2, -0.15) is 5.10 Å². The predicted molar refractivity (Wildman–Crippen MR) is 114 cm³/mol. The van der Waals surface area contributed by atoms with Crippen molar-refractivity contribution in [3.63, 3.8) is 0 Å². The van der Waals surface area contributed by atoms with E-state index >= 15 is 0 Å². The van der Waals surface area contributed by atoms with Crippen LogP contribution >= 0.6 is 0 Å². The Morgan fingerprint density at radius 2 is 1.87 bits per heavy atom. The summed E-state index contributed by atoms with van der Waals surface area (Å²) < 4.78 is 5.26. The lowest BCUT2D eigenvalue weighted by molar-refractivity contribution is 0.473. The van der Waals surface area contributed by atoms with Crippen LogP contribution in [0.4, 0.5) is 0 Å². The van der Waals surface area contributed by atoms with E-state index in [1.165, 1.54) is 6.20 Å². The van der Waals surface area contributed by atoms with Crippen molar-refractivity contribution in [1.29, 1.82) is 0 Å². The average Bonchev–Trinajstić information content (AvgIpc) is 3.51. The molecule has 6 aromatic rings. The molecule has 5 aromatic heterocycles. The third-order valence-corrected chi connectivity index (χ3v) is 5.22. The lowest BCUT2D eigenvalue weighted by atomic mass is 10.0. The number of aromatic hydroxyl groups is 1. The van der Waals surface area contributed by atoms with Gasteiger partial charge in [-0.05, 0) is 35.9 Å². The van der Waals surface area contributed by atoms with Gasteiger partial charge in [-0.3, -0.25) is 15.1 Å². The summed E-state index contributed by atoms with van der Waals surface area (Å²) in [4.78, 5) is 12.0. The number of furan rings is 1. The zero-order chi connectivity index (χ0) is 20.1. The van der Waals surface area contributed by atoms with Crippen molar-refractivity contribution in [3.05, 3.63) is 73.6 Å². The smallest absolute Gasteiger partial charge is 0.134 e. The number of pyridine rings is 2. The molecule has 6 rings (SSSR count). The van der Waals surface area contributed by atoms with Crippen LogP contribution in [0.1, 0.15) is 0 Å². The maximum Gasteiger partial charge on any atom is 0.134 e. The first-order chi connectivity index (χ1) is 14.8. The lowest BCUT2D eigenvalue weighted by Crippen LogP contribution is -1.85. The second kappa shape index (κ2) is 6.31. The fourth-order valence-electron chi connectivity index (χ4n) is 3.80. The Hall–Kier alpha value is -4.39. The monoisotopic (exact) mass is 393 g/mol. The molecule has 0 aliphatic carbocycles. The van der Waals surface area contributed by atoms with E-state index in [4.69, 9.17) is 4.42 Å². The van der Waals surface area contributed by atoms with Gasteiger partial charge < -0.3 is 14.5 Å². The number of H-pyrrole nitrogens is 2. The minimum absolute atomic E-state index is 0.101. The highest BCUT2D eigenvalue weighted by Crippen LogP contribution is 2.35. The normalized spacial score (nSPS) is 11.5. The molecule has 0 aliphatic rings. The van der Waals surface area contributed by atoms with E-state index in [-0.39, 0.29) is 5.75 Å². The fraction of sp³-hybridized carbons (Fsp3) is 0. The highest BCUT2D eigenvalue weighted by atomic mass is 16.3. The molecule has 7 nitrogen and oxygen atoms in total. The maximum absolute atomic E-state index is 9.74. The largest absolute Gasteiger partial charge is 0.506 e. The summed E-state index contributed by atoms with van der Waals surface area (Å²) in [5.74, 6) is 0.101. The van der Waals surface area contributed by atoms with Crippen molar-refractivity contribution in [2.24, 2.45) is 0 Å².